The molecule has 0 radical (unpaired) electrons. The fourth-order valence-electron chi connectivity index (χ4n) is 2.36. The quantitative estimate of drug-likeness (QED) is 0.861. The van der Waals surface area contributed by atoms with Gasteiger partial charge in [-0.05, 0) is 18.2 Å². The van der Waals surface area contributed by atoms with Crippen LogP contribution < -0.4 is 0 Å². The van der Waals surface area contributed by atoms with Crippen molar-refractivity contribution < 1.29 is 9.53 Å². The summed E-state index contributed by atoms with van der Waals surface area (Å²) in [6.45, 7) is 2.22. The molecule has 0 bridgehead atoms. The molecule has 1 amide bonds. The molecular formula is C14H15ClN4O2. The van der Waals surface area contributed by atoms with Crippen molar-refractivity contribution in [2.45, 2.75) is 12.6 Å². The molecule has 0 N–H and O–H groups in total. The number of carbonyl (C=O) groups excluding carboxylic acids is 1. The van der Waals surface area contributed by atoms with E-state index in [9.17, 15) is 4.79 Å². The SMILES string of the molecule is O=C(c1cccc(Cl)c1)N1CCOC(Cn2ccnn2)C1. The minimum Gasteiger partial charge on any atom is -0.373 e. The molecule has 1 aliphatic heterocycles. The molecule has 0 spiro atoms. The summed E-state index contributed by atoms with van der Waals surface area (Å²) in [6.07, 6.45) is 3.32. The van der Waals surface area contributed by atoms with Gasteiger partial charge in [-0.1, -0.05) is 22.9 Å². The third kappa shape index (κ3) is 3.40. The Kier molecular flexibility index (Phi) is 4.17. The van der Waals surface area contributed by atoms with Gasteiger partial charge >= 0.3 is 0 Å². The number of nitrogens with zero attached hydrogens (tertiary/aromatic N) is 4. The second kappa shape index (κ2) is 6.24. The Balaban J connectivity index is 1.66. The highest BCUT2D eigenvalue weighted by Crippen LogP contribution is 2.15. The summed E-state index contributed by atoms with van der Waals surface area (Å²) < 4.78 is 7.39. The smallest absolute Gasteiger partial charge is 0.254 e. The van der Waals surface area contributed by atoms with Gasteiger partial charge in [0.25, 0.3) is 5.91 Å². The lowest BCUT2D eigenvalue weighted by molar-refractivity contribution is -0.0301. The summed E-state index contributed by atoms with van der Waals surface area (Å²) in [6, 6.07) is 7.00. The molecule has 1 aliphatic rings. The van der Waals surface area contributed by atoms with Crippen LogP contribution >= 0.6 is 11.6 Å². The fourth-order valence-corrected chi connectivity index (χ4v) is 2.55. The molecule has 21 heavy (non-hydrogen) atoms. The van der Waals surface area contributed by atoms with Crippen LogP contribution in [0.3, 0.4) is 0 Å². The van der Waals surface area contributed by atoms with Crippen LogP contribution in [-0.2, 0) is 11.3 Å². The summed E-state index contributed by atoms with van der Waals surface area (Å²) in [5, 5.41) is 8.24. The number of morpholine rings is 1. The molecule has 1 aromatic heterocycles. The van der Waals surface area contributed by atoms with E-state index in [2.05, 4.69) is 10.3 Å². The van der Waals surface area contributed by atoms with Crippen molar-refractivity contribution in [2.75, 3.05) is 19.7 Å². The van der Waals surface area contributed by atoms with E-state index < -0.39 is 0 Å². The zero-order chi connectivity index (χ0) is 14.7. The molecule has 7 heteroatoms. The van der Waals surface area contributed by atoms with Crippen LogP contribution in [0.5, 0.6) is 0 Å². The number of halogens is 1. The number of ether oxygens (including phenoxy) is 1. The van der Waals surface area contributed by atoms with Crippen LogP contribution in [0, 0.1) is 0 Å². The monoisotopic (exact) mass is 306 g/mol. The molecule has 0 saturated carbocycles. The summed E-state index contributed by atoms with van der Waals surface area (Å²) in [5.41, 5.74) is 0.601. The first-order chi connectivity index (χ1) is 10.2. The van der Waals surface area contributed by atoms with Gasteiger partial charge in [-0.3, -0.25) is 4.79 Å². The van der Waals surface area contributed by atoms with E-state index in [1.807, 2.05) is 0 Å². The third-order valence-electron chi connectivity index (χ3n) is 3.36. The van der Waals surface area contributed by atoms with E-state index in [-0.39, 0.29) is 12.0 Å². The first-order valence-corrected chi connectivity index (χ1v) is 7.11. The Labute approximate surface area is 127 Å². The van der Waals surface area contributed by atoms with E-state index in [1.165, 1.54) is 0 Å². The summed E-state index contributed by atoms with van der Waals surface area (Å²) in [4.78, 5) is 14.3. The molecule has 0 aliphatic carbocycles. The van der Waals surface area contributed by atoms with Crippen LogP contribution in [0.4, 0.5) is 0 Å². The lowest BCUT2D eigenvalue weighted by Gasteiger charge is -2.32. The van der Waals surface area contributed by atoms with Gasteiger partial charge in [0.1, 0.15) is 0 Å². The van der Waals surface area contributed by atoms with Crippen molar-refractivity contribution in [3.63, 3.8) is 0 Å². The fraction of sp³-hybridized carbons (Fsp3) is 0.357. The molecule has 1 unspecified atom stereocenters. The van der Waals surface area contributed by atoms with Gasteiger partial charge in [-0.2, -0.15) is 0 Å². The predicted octanol–water partition coefficient (Wildman–Crippen LogP) is 1.47. The molecule has 1 aromatic carbocycles. The normalized spacial score (nSPS) is 18.7. The van der Waals surface area contributed by atoms with Crippen molar-refractivity contribution in [3.05, 3.63) is 47.2 Å². The molecule has 2 heterocycles. The molecule has 6 nitrogen and oxygen atoms in total. The lowest BCUT2D eigenvalue weighted by Crippen LogP contribution is -2.47. The first-order valence-electron chi connectivity index (χ1n) is 6.73. The maximum Gasteiger partial charge on any atom is 0.254 e. The minimum absolute atomic E-state index is 0.0237. The van der Waals surface area contributed by atoms with Crippen molar-refractivity contribution in [3.8, 4) is 0 Å². The van der Waals surface area contributed by atoms with E-state index >= 15 is 0 Å². The van der Waals surface area contributed by atoms with E-state index in [0.717, 1.165) is 0 Å². The highest BCUT2D eigenvalue weighted by Gasteiger charge is 2.25. The Bertz CT molecular complexity index is 617. The molecule has 2 aromatic rings. The Morgan fingerprint density at radius 1 is 1.48 bits per heavy atom. The number of hydrogen-bond acceptors (Lipinski definition) is 4. The largest absolute Gasteiger partial charge is 0.373 e. The van der Waals surface area contributed by atoms with Gasteiger partial charge in [-0.15, -0.1) is 5.10 Å². The Hall–Kier alpha value is -1.92. The van der Waals surface area contributed by atoms with Gasteiger partial charge in [0.05, 0.1) is 25.5 Å². The van der Waals surface area contributed by atoms with Crippen molar-refractivity contribution in [1.82, 2.24) is 19.9 Å². The average Bonchev–Trinajstić information content (AvgIpc) is 3.00. The molecular weight excluding hydrogens is 292 g/mol. The number of amides is 1. The topological polar surface area (TPSA) is 60.2 Å². The van der Waals surface area contributed by atoms with Crippen LogP contribution in [-0.4, -0.2) is 51.6 Å². The number of aromatic nitrogens is 3. The van der Waals surface area contributed by atoms with Crippen LogP contribution in [0.25, 0.3) is 0 Å². The van der Waals surface area contributed by atoms with Crippen LogP contribution in [0.1, 0.15) is 10.4 Å². The maximum absolute atomic E-state index is 12.5. The summed E-state index contributed by atoms with van der Waals surface area (Å²) >= 11 is 5.94. The van der Waals surface area contributed by atoms with Gasteiger partial charge in [0.2, 0.25) is 0 Å². The highest BCUT2D eigenvalue weighted by atomic mass is 35.5. The Morgan fingerprint density at radius 2 is 2.38 bits per heavy atom. The number of carbonyl (C=O) groups is 1. The van der Waals surface area contributed by atoms with Gasteiger partial charge in [0, 0.05) is 29.9 Å². The summed E-state index contributed by atoms with van der Waals surface area (Å²) in [7, 11) is 0. The molecule has 110 valence electrons. The zero-order valence-corrected chi connectivity index (χ0v) is 12.1. The molecule has 1 atom stereocenters. The van der Waals surface area contributed by atoms with Crippen molar-refractivity contribution in [2.24, 2.45) is 0 Å². The maximum atomic E-state index is 12.5. The number of benzene rings is 1. The van der Waals surface area contributed by atoms with Gasteiger partial charge in [-0.25, -0.2) is 4.68 Å². The van der Waals surface area contributed by atoms with Crippen molar-refractivity contribution >= 4 is 17.5 Å². The van der Waals surface area contributed by atoms with Crippen LogP contribution in [0.2, 0.25) is 5.02 Å². The first kappa shape index (κ1) is 14.0. The summed E-state index contributed by atoms with van der Waals surface area (Å²) in [5.74, 6) is -0.0237. The third-order valence-corrected chi connectivity index (χ3v) is 3.60. The van der Waals surface area contributed by atoms with Crippen LogP contribution in [0.15, 0.2) is 36.7 Å². The highest BCUT2D eigenvalue weighted by molar-refractivity contribution is 6.30. The standard InChI is InChI=1S/C14H15ClN4O2/c15-12-3-1-2-11(8-12)14(20)18-6-7-21-13(9-18)10-19-5-4-16-17-19/h1-5,8,13H,6-7,9-10H2. The van der Waals surface area contributed by atoms with Crippen molar-refractivity contribution in [1.29, 1.82) is 0 Å². The second-order valence-electron chi connectivity index (χ2n) is 4.88. The van der Waals surface area contributed by atoms with E-state index in [1.54, 1.807) is 46.2 Å². The lowest BCUT2D eigenvalue weighted by atomic mass is 10.1. The second-order valence-corrected chi connectivity index (χ2v) is 5.32. The predicted molar refractivity (Wildman–Crippen MR) is 77.1 cm³/mol. The van der Waals surface area contributed by atoms with E-state index in [4.69, 9.17) is 16.3 Å². The Morgan fingerprint density at radius 3 is 3.14 bits per heavy atom. The number of hydrogen-bond donors (Lipinski definition) is 0. The molecule has 1 fully saturated rings. The average molecular weight is 307 g/mol. The minimum atomic E-state index is -0.0800. The van der Waals surface area contributed by atoms with Gasteiger partial charge in [0.15, 0.2) is 0 Å². The van der Waals surface area contributed by atoms with E-state index in [0.29, 0.717) is 36.8 Å². The molecule has 1 saturated heterocycles. The number of rotatable bonds is 3. The van der Waals surface area contributed by atoms with Gasteiger partial charge < -0.3 is 9.64 Å². The zero-order valence-electron chi connectivity index (χ0n) is 11.4. The molecule has 3 rings (SSSR count).